The van der Waals surface area contributed by atoms with Crippen LogP contribution in [-0.4, -0.2) is 5.91 Å². The first-order valence-electron chi connectivity index (χ1n) is 9.33. The molecule has 1 amide bonds. The maximum atomic E-state index is 12.6. The van der Waals surface area contributed by atoms with E-state index in [1.165, 1.54) is 0 Å². The molecule has 3 aromatic carbocycles. The van der Waals surface area contributed by atoms with Crippen LogP contribution < -0.4 is 10.1 Å². The van der Waals surface area contributed by atoms with E-state index in [1.54, 1.807) is 6.08 Å². The molecule has 0 unspecified atom stereocenters. The standard InChI is InChI=1S/C25H22N2O2/c1-18-7-6-8-19(2)24(18)27-25(28)22(16-26)15-20-11-13-23(14-12-20)29-17-21-9-4-3-5-10-21/h3-15H,17H2,1-2H3,(H,27,28)/b22-15+. The Morgan fingerprint density at radius 2 is 1.62 bits per heavy atom. The zero-order valence-electron chi connectivity index (χ0n) is 16.5. The summed E-state index contributed by atoms with van der Waals surface area (Å²) in [4.78, 5) is 12.6. The molecule has 0 aliphatic carbocycles. The van der Waals surface area contributed by atoms with Crippen molar-refractivity contribution in [2.24, 2.45) is 0 Å². The first-order valence-corrected chi connectivity index (χ1v) is 9.33. The van der Waals surface area contributed by atoms with Crippen LogP contribution in [0.4, 0.5) is 5.69 Å². The summed E-state index contributed by atoms with van der Waals surface area (Å²) in [7, 11) is 0. The number of carbonyl (C=O) groups excluding carboxylic acids is 1. The van der Waals surface area contributed by atoms with Gasteiger partial charge in [-0.1, -0.05) is 60.7 Å². The van der Waals surface area contributed by atoms with Gasteiger partial charge < -0.3 is 10.1 Å². The first kappa shape index (κ1) is 19.9. The van der Waals surface area contributed by atoms with Gasteiger partial charge in [0.05, 0.1) is 0 Å². The summed E-state index contributed by atoms with van der Waals surface area (Å²) < 4.78 is 5.77. The third-order valence-corrected chi connectivity index (χ3v) is 4.52. The van der Waals surface area contributed by atoms with Crippen LogP contribution in [0.2, 0.25) is 0 Å². The quantitative estimate of drug-likeness (QED) is 0.457. The molecule has 0 spiro atoms. The summed E-state index contributed by atoms with van der Waals surface area (Å²) in [5, 5.41) is 12.3. The van der Waals surface area contributed by atoms with Crippen LogP contribution >= 0.6 is 0 Å². The number of para-hydroxylation sites is 1. The van der Waals surface area contributed by atoms with Crippen LogP contribution in [0.25, 0.3) is 6.08 Å². The average Bonchev–Trinajstić information content (AvgIpc) is 2.74. The number of carbonyl (C=O) groups is 1. The van der Waals surface area contributed by atoms with Crippen molar-refractivity contribution in [2.75, 3.05) is 5.32 Å². The van der Waals surface area contributed by atoms with Crippen LogP contribution in [-0.2, 0) is 11.4 Å². The molecule has 0 atom stereocenters. The predicted octanol–water partition coefficient (Wildman–Crippen LogP) is 5.43. The van der Waals surface area contributed by atoms with E-state index in [0.717, 1.165) is 33.7 Å². The van der Waals surface area contributed by atoms with Crippen molar-refractivity contribution in [1.29, 1.82) is 5.26 Å². The van der Waals surface area contributed by atoms with Crippen LogP contribution in [0.1, 0.15) is 22.3 Å². The summed E-state index contributed by atoms with van der Waals surface area (Å²) in [6, 6.07) is 25.0. The molecule has 0 saturated carbocycles. The van der Waals surface area contributed by atoms with Gasteiger partial charge in [-0.25, -0.2) is 0 Å². The minimum atomic E-state index is -0.422. The highest BCUT2D eigenvalue weighted by Gasteiger charge is 2.12. The molecule has 3 rings (SSSR count). The van der Waals surface area contributed by atoms with Crippen LogP contribution in [0.5, 0.6) is 5.75 Å². The van der Waals surface area contributed by atoms with E-state index >= 15 is 0 Å². The molecule has 0 saturated heterocycles. The lowest BCUT2D eigenvalue weighted by Crippen LogP contribution is -2.15. The number of rotatable bonds is 6. The molecule has 0 aromatic heterocycles. The zero-order valence-corrected chi connectivity index (χ0v) is 16.5. The predicted molar refractivity (Wildman–Crippen MR) is 115 cm³/mol. The van der Waals surface area contributed by atoms with Gasteiger partial charge >= 0.3 is 0 Å². The van der Waals surface area contributed by atoms with E-state index in [-0.39, 0.29) is 5.57 Å². The van der Waals surface area contributed by atoms with Crippen molar-refractivity contribution in [2.45, 2.75) is 20.5 Å². The first-order chi connectivity index (χ1) is 14.1. The van der Waals surface area contributed by atoms with Gasteiger partial charge in [-0.05, 0) is 54.3 Å². The number of hydrogen-bond donors (Lipinski definition) is 1. The summed E-state index contributed by atoms with van der Waals surface area (Å²) >= 11 is 0. The largest absolute Gasteiger partial charge is 0.489 e. The molecule has 3 aromatic rings. The molecule has 1 N–H and O–H groups in total. The molecule has 4 heteroatoms. The zero-order chi connectivity index (χ0) is 20.6. The number of nitrogens with one attached hydrogen (secondary N) is 1. The van der Waals surface area contributed by atoms with Gasteiger partial charge in [-0.2, -0.15) is 5.26 Å². The van der Waals surface area contributed by atoms with Gasteiger partial charge in [0, 0.05) is 5.69 Å². The van der Waals surface area contributed by atoms with E-state index in [2.05, 4.69) is 5.32 Å². The minimum absolute atomic E-state index is 0.0469. The number of anilines is 1. The number of nitrogens with zero attached hydrogens (tertiary/aromatic N) is 1. The van der Waals surface area contributed by atoms with Crippen molar-refractivity contribution in [3.8, 4) is 11.8 Å². The average molecular weight is 382 g/mol. The Balaban J connectivity index is 1.68. The van der Waals surface area contributed by atoms with E-state index in [0.29, 0.717) is 6.61 Å². The van der Waals surface area contributed by atoms with E-state index in [4.69, 9.17) is 4.74 Å². The molecule has 0 fully saturated rings. The van der Waals surface area contributed by atoms with E-state index < -0.39 is 5.91 Å². The Labute approximate surface area is 171 Å². The minimum Gasteiger partial charge on any atom is -0.489 e. The maximum absolute atomic E-state index is 12.6. The molecular weight excluding hydrogens is 360 g/mol. The number of benzene rings is 3. The topological polar surface area (TPSA) is 62.1 Å². The van der Waals surface area contributed by atoms with Gasteiger partial charge in [0.25, 0.3) is 5.91 Å². The SMILES string of the molecule is Cc1cccc(C)c1NC(=O)/C(C#N)=C/c1ccc(OCc2ccccc2)cc1. The molecule has 0 radical (unpaired) electrons. The molecule has 144 valence electrons. The van der Waals surface area contributed by atoms with Gasteiger partial charge in [-0.3, -0.25) is 4.79 Å². The smallest absolute Gasteiger partial charge is 0.266 e. The van der Waals surface area contributed by atoms with Crippen LogP contribution in [0.15, 0.2) is 78.4 Å². The number of ether oxygens (including phenoxy) is 1. The van der Waals surface area contributed by atoms with Crippen molar-refractivity contribution in [1.82, 2.24) is 0 Å². The maximum Gasteiger partial charge on any atom is 0.266 e. The lowest BCUT2D eigenvalue weighted by Gasteiger charge is -2.11. The number of aryl methyl sites for hydroxylation is 2. The second-order valence-electron chi connectivity index (χ2n) is 6.73. The van der Waals surface area contributed by atoms with E-state index in [9.17, 15) is 10.1 Å². The number of hydrogen-bond acceptors (Lipinski definition) is 3. The van der Waals surface area contributed by atoms with Crippen molar-refractivity contribution >= 4 is 17.7 Å². The summed E-state index contributed by atoms with van der Waals surface area (Å²) in [6.45, 7) is 4.33. The molecule has 0 heterocycles. The van der Waals surface area contributed by atoms with Gasteiger partial charge in [0.2, 0.25) is 0 Å². The van der Waals surface area contributed by atoms with Crippen molar-refractivity contribution in [3.05, 3.63) is 101 Å². The lowest BCUT2D eigenvalue weighted by molar-refractivity contribution is -0.112. The van der Waals surface area contributed by atoms with Crippen molar-refractivity contribution in [3.63, 3.8) is 0 Å². The highest BCUT2D eigenvalue weighted by molar-refractivity contribution is 6.10. The third-order valence-electron chi connectivity index (χ3n) is 4.52. The normalized spacial score (nSPS) is 10.9. The Morgan fingerprint density at radius 1 is 0.966 bits per heavy atom. The molecule has 4 nitrogen and oxygen atoms in total. The molecule has 0 aliphatic heterocycles. The van der Waals surface area contributed by atoms with Gasteiger partial charge in [0.1, 0.15) is 24.0 Å². The van der Waals surface area contributed by atoms with Gasteiger partial charge in [-0.15, -0.1) is 0 Å². The second-order valence-corrected chi connectivity index (χ2v) is 6.73. The third kappa shape index (κ3) is 5.33. The fourth-order valence-corrected chi connectivity index (χ4v) is 2.91. The van der Waals surface area contributed by atoms with Crippen LogP contribution in [0.3, 0.4) is 0 Å². The van der Waals surface area contributed by atoms with E-state index in [1.807, 2.05) is 92.7 Å². The van der Waals surface area contributed by atoms with Crippen molar-refractivity contribution < 1.29 is 9.53 Å². The number of nitriles is 1. The second kappa shape index (κ2) is 9.38. The fourth-order valence-electron chi connectivity index (χ4n) is 2.91. The monoisotopic (exact) mass is 382 g/mol. The van der Waals surface area contributed by atoms with Crippen LogP contribution in [0, 0.1) is 25.2 Å². The molecular formula is C25H22N2O2. The molecule has 0 bridgehead atoms. The lowest BCUT2D eigenvalue weighted by atomic mass is 10.1. The Hall–Kier alpha value is -3.84. The highest BCUT2D eigenvalue weighted by atomic mass is 16.5. The molecule has 0 aliphatic rings. The Kier molecular flexibility index (Phi) is 6.44. The summed E-state index contributed by atoms with van der Waals surface area (Å²) in [5.41, 5.74) is 4.54. The summed E-state index contributed by atoms with van der Waals surface area (Å²) in [6.07, 6.45) is 1.57. The Morgan fingerprint density at radius 3 is 2.24 bits per heavy atom. The molecule has 29 heavy (non-hydrogen) atoms. The Bertz CT molecular complexity index is 1040. The van der Waals surface area contributed by atoms with Gasteiger partial charge in [0.15, 0.2) is 0 Å². The highest BCUT2D eigenvalue weighted by Crippen LogP contribution is 2.21. The number of amides is 1. The summed E-state index contributed by atoms with van der Waals surface area (Å²) in [5.74, 6) is 0.304. The fraction of sp³-hybridized carbons (Fsp3) is 0.120.